The zero-order valence-corrected chi connectivity index (χ0v) is 25.9. The molecule has 3 aromatic rings. The van der Waals surface area contributed by atoms with E-state index in [1.807, 2.05) is 75.4 Å². The topological polar surface area (TPSA) is 115 Å². The summed E-state index contributed by atoms with van der Waals surface area (Å²) in [5.74, 6) is 0.744. The number of likely N-dealkylation sites (N-methyl/N-ethyl adjacent to an activating group) is 1. The Morgan fingerprint density at radius 1 is 1.23 bits per heavy atom. The van der Waals surface area contributed by atoms with Gasteiger partial charge >= 0.3 is 6.03 Å². The summed E-state index contributed by atoms with van der Waals surface area (Å²) in [6.45, 7) is 3.56. The predicted octanol–water partition coefficient (Wildman–Crippen LogP) is 3.57. The van der Waals surface area contributed by atoms with E-state index in [9.17, 15) is 9.59 Å². The fourth-order valence-electron chi connectivity index (χ4n) is 5.58. The van der Waals surface area contributed by atoms with E-state index in [4.69, 9.17) is 22.1 Å². The van der Waals surface area contributed by atoms with Crippen LogP contribution in [0.3, 0.4) is 0 Å². The quantitative estimate of drug-likeness (QED) is 0.264. The second kappa shape index (κ2) is 13.1. The van der Waals surface area contributed by atoms with Crippen LogP contribution in [0.5, 0.6) is 0 Å². The molecule has 0 spiro atoms. The van der Waals surface area contributed by atoms with E-state index in [1.165, 1.54) is 0 Å². The number of anilines is 3. The van der Waals surface area contributed by atoms with E-state index in [2.05, 4.69) is 15.7 Å². The number of fused-ring (bicyclic) bond motifs is 2. The Labute approximate surface area is 257 Å². The molecule has 1 aromatic heterocycles. The number of benzene rings is 2. The molecule has 43 heavy (non-hydrogen) atoms. The Balaban J connectivity index is 1.28. The molecule has 1 fully saturated rings. The maximum Gasteiger partial charge on any atom is 0.318 e. The maximum absolute atomic E-state index is 13.9. The van der Waals surface area contributed by atoms with E-state index >= 15 is 0 Å². The van der Waals surface area contributed by atoms with Crippen molar-refractivity contribution < 1.29 is 19.4 Å². The van der Waals surface area contributed by atoms with Gasteiger partial charge < -0.3 is 35.2 Å². The number of para-hydroxylation sites is 2. The van der Waals surface area contributed by atoms with Crippen molar-refractivity contribution in [2.75, 3.05) is 44.1 Å². The lowest BCUT2D eigenvalue weighted by atomic mass is 10.0. The number of carbonyl (C=O) groups is 2. The van der Waals surface area contributed by atoms with Crippen molar-refractivity contribution >= 4 is 46.3 Å². The molecule has 5 rings (SSSR count). The molecular formula is C31H39N7O4S. The number of aliphatic hydroxyl groups excluding tert-OH is 1. The molecule has 11 nitrogen and oxygen atoms in total. The molecule has 1 saturated heterocycles. The third kappa shape index (κ3) is 6.51. The number of rotatable bonds is 8. The summed E-state index contributed by atoms with van der Waals surface area (Å²) >= 11 is 5.63. The summed E-state index contributed by atoms with van der Waals surface area (Å²) in [4.78, 5) is 33.2. The number of amides is 3. The summed E-state index contributed by atoms with van der Waals surface area (Å²) in [5, 5.41) is 19.9. The number of aliphatic hydroxyl groups is 1. The first-order chi connectivity index (χ1) is 20.7. The highest BCUT2D eigenvalue weighted by molar-refractivity contribution is 7.80. The van der Waals surface area contributed by atoms with Gasteiger partial charge in [0.25, 0.3) is 5.91 Å². The summed E-state index contributed by atoms with van der Waals surface area (Å²) in [6.07, 6.45) is 2.80. The number of nitrogens with one attached hydrogen (secondary N) is 2. The predicted molar refractivity (Wildman–Crippen MR) is 170 cm³/mol. The van der Waals surface area contributed by atoms with Crippen molar-refractivity contribution in [3.63, 3.8) is 0 Å². The highest BCUT2D eigenvalue weighted by Gasteiger charge is 2.39. The van der Waals surface area contributed by atoms with E-state index in [-0.39, 0.29) is 30.7 Å². The first kappa shape index (κ1) is 30.5. The fourth-order valence-corrected chi connectivity index (χ4v) is 5.81. The van der Waals surface area contributed by atoms with Gasteiger partial charge in [-0.25, -0.2) is 4.79 Å². The minimum absolute atomic E-state index is 0.0637. The molecular weight excluding hydrogens is 566 g/mol. The second-order valence-electron chi connectivity index (χ2n) is 11.2. The average Bonchev–Trinajstić information content (AvgIpc) is 3.53. The van der Waals surface area contributed by atoms with Crippen molar-refractivity contribution in [1.82, 2.24) is 24.9 Å². The number of thiocarbonyl (C=S) groups is 1. The van der Waals surface area contributed by atoms with Crippen LogP contribution in [0.4, 0.5) is 22.0 Å². The normalized spacial score (nSPS) is 17.5. The standard InChI is InChI=1S/C31H39N7O4S/c1-20-14-21(29(40)37-18-23-17-33-36(4)28(23)34-25-8-5-6-9-26(25)37)10-11-22(20)16-32-31(41)38-19-24(42-13-7-12-39)15-27(38)30(43)35(2)3/h5-6,8-11,14,17,24,27,34,39H,7,12-13,15-16,18-19H2,1-4H3,(H,32,41)/t24-,27+/m1/s1. The third-order valence-corrected chi connectivity index (χ3v) is 8.60. The number of likely N-dealkylation sites (tertiary alicyclic amines) is 1. The monoisotopic (exact) mass is 605 g/mol. The molecule has 12 heteroatoms. The third-order valence-electron chi connectivity index (χ3n) is 7.96. The van der Waals surface area contributed by atoms with Gasteiger partial charge in [-0.2, -0.15) is 5.10 Å². The average molecular weight is 606 g/mol. The van der Waals surface area contributed by atoms with Crippen LogP contribution < -0.4 is 15.5 Å². The first-order valence-electron chi connectivity index (χ1n) is 14.4. The molecule has 0 bridgehead atoms. The van der Waals surface area contributed by atoms with Crippen molar-refractivity contribution in [1.29, 1.82) is 0 Å². The molecule has 228 valence electrons. The molecule has 0 saturated carbocycles. The van der Waals surface area contributed by atoms with Gasteiger partial charge in [0.15, 0.2) is 0 Å². The van der Waals surface area contributed by atoms with Gasteiger partial charge in [0.1, 0.15) is 10.8 Å². The largest absolute Gasteiger partial charge is 0.396 e. The molecule has 3 heterocycles. The Morgan fingerprint density at radius 3 is 2.77 bits per heavy atom. The summed E-state index contributed by atoms with van der Waals surface area (Å²) in [5.41, 5.74) is 4.95. The van der Waals surface area contributed by atoms with Crippen LogP contribution in [0.2, 0.25) is 0 Å². The Morgan fingerprint density at radius 2 is 2.02 bits per heavy atom. The molecule has 3 amide bonds. The highest BCUT2D eigenvalue weighted by atomic mass is 32.1. The van der Waals surface area contributed by atoms with Gasteiger partial charge in [-0.15, -0.1) is 0 Å². The summed E-state index contributed by atoms with van der Waals surface area (Å²) in [7, 11) is 5.63. The second-order valence-corrected chi connectivity index (χ2v) is 11.6. The van der Waals surface area contributed by atoms with Crippen molar-refractivity contribution in [2.24, 2.45) is 7.05 Å². The van der Waals surface area contributed by atoms with Crippen LogP contribution in [0.15, 0.2) is 48.7 Å². The summed E-state index contributed by atoms with van der Waals surface area (Å²) < 4.78 is 7.67. The van der Waals surface area contributed by atoms with Crippen LogP contribution >= 0.6 is 12.2 Å². The van der Waals surface area contributed by atoms with Crippen LogP contribution in [0.1, 0.15) is 39.9 Å². The van der Waals surface area contributed by atoms with Gasteiger partial charge in [0.2, 0.25) is 0 Å². The van der Waals surface area contributed by atoms with E-state index in [1.54, 1.807) is 20.7 Å². The highest BCUT2D eigenvalue weighted by Crippen LogP contribution is 2.36. The number of aromatic nitrogens is 2. The number of aryl methyl sites for hydroxylation is 2. The van der Waals surface area contributed by atoms with Gasteiger partial charge in [-0.05, 0) is 48.7 Å². The molecule has 0 unspecified atom stereocenters. The number of carbonyl (C=O) groups excluding carboxylic acids is 2. The molecule has 3 N–H and O–H groups in total. The first-order valence-corrected chi connectivity index (χ1v) is 14.8. The summed E-state index contributed by atoms with van der Waals surface area (Å²) in [6, 6.07) is 12.9. The number of hydrogen-bond acceptors (Lipinski definition) is 7. The molecule has 0 aliphatic carbocycles. The molecule has 2 aliphatic rings. The number of nitrogens with zero attached hydrogens (tertiary/aromatic N) is 5. The zero-order chi connectivity index (χ0) is 30.7. The lowest BCUT2D eigenvalue weighted by Gasteiger charge is -2.28. The molecule has 2 aromatic carbocycles. The Bertz CT molecular complexity index is 1510. The minimum atomic E-state index is -0.253. The lowest BCUT2D eigenvalue weighted by molar-refractivity contribution is 0.0514. The van der Waals surface area contributed by atoms with Crippen LogP contribution in [-0.2, 0) is 24.9 Å². The van der Waals surface area contributed by atoms with Crippen molar-refractivity contribution in [3.05, 3.63) is 70.9 Å². The van der Waals surface area contributed by atoms with E-state index in [0.29, 0.717) is 49.6 Å². The number of urea groups is 1. The SMILES string of the molecule is Cc1cc(C(=O)N2Cc3cnn(C)c3Nc3ccccc32)ccc1CNC(=O)N1C[C@H](OCCCO)C[C@H]1C(=S)N(C)C. The Kier molecular flexibility index (Phi) is 9.28. The van der Waals surface area contributed by atoms with Crippen LogP contribution in [0.25, 0.3) is 0 Å². The van der Waals surface area contributed by atoms with Gasteiger partial charge in [0.05, 0.1) is 36.3 Å². The van der Waals surface area contributed by atoms with E-state index < -0.39 is 0 Å². The number of ether oxygens (including phenoxy) is 1. The smallest absolute Gasteiger partial charge is 0.318 e. The van der Waals surface area contributed by atoms with Gasteiger partial charge in [-0.1, -0.05) is 30.4 Å². The molecule has 2 atom stereocenters. The zero-order valence-electron chi connectivity index (χ0n) is 25.0. The fraction of sp³-hybridized carbons (Fsp3) is 0.419. The minimum Gasteiger partial charge on any atom is -0.396 e. The molecule has 0 radical (unpaired) electrons. The number of hydrogen-bond donors (Lipinski definition) is 3. The maximum atomic E-state index is 13.9. The lowest BCUT2D eigenvalue weighted by Crippen LogP contribution is -2.48. The van der Waals surface area contributed by atoms with Gasteiger partial charge in [-0.3, -0.25) is 9.48 Å². The van der Waals surface area contributed by atoms with Gasteiger partial charge in [0, 0.05) is 65.0 Å². The molecule has 2 aliphatic heterocycles. The van der Waals surface area contributed by atoms with Crippen LogP contribution in [0, 0.1) is 6.92 Å². The van der Waals surface area contributed by atoms with Crippen molar-refractivity contribution in [2.45, 2.75) is 45.0 Å². The van der Waals surface area contributed by atoms with Crippen LogP contribution in [-0.4, -0.2) is 87.6 Å². The Hall–Kier alpha value is -4.00. The van der Waals surface area contributed by atoms with E-state index in [0.717, 1.165) is 33.9 Å². The van der Waals surface area contributed by atoms with Crippen molar-refractivity contribution in [3.8, 4) is 0 Å².